The second-order valence-corrected chi connectivity index (χ2v) is 9.37. The summed E-state index contributed by atoms with van der Waals surface area (Å²) in [6.45, 7) is 4.95. The van der Waals surface area contributed by atoms with Crippen LogP contribution in [0.2, 0.25) is 0 Å². The van der Waals surface area contributed by atoms with Gasteiger partial charge in [-0.1, -0.05) is 30.3 Å². The lowest BCUT2D eigenvalue weighted by atomic mass is 9.99. The fourth-order valence-corrected chi connectivity index (χ4v) is 6.15. The lowest BCUT2D eigenvalue weighted by molar-refractivity contribution is -0.126. The molecule has 1 aromatic carbocycles. The third-order valence-electron chi connectivity index (χ3n) is 5.29. The molecular formula is C18H28N4O3S. The highest BCUT2D eigenvalue weighted by Gasteiger charge is 2.45. The van der Waals surface area contributed by atoms with Crippen molar-refractivity contribution in [2.24, 2.45) is 5.92 Å². The number of hydrogen-bond acceptors (Lipinski definition) is 5. The lowest BCUT2D eigenvalue weighted by Gasteiger charge is -2.34. The van der Waals surface area contributed by atoms with Crippen LogP contribution in [0.4, 0.5) is 0 Å². The number of piperidine rings is 1. The summed E-state index contributed by atoms with van der Waals surface area (Å²) in [5.41, 5.74) is 7.04. The van der Waals surface area contributed by atoms with Crippen molar-refractivity contribution in [2.45, 2.75) is 50.6 Å². The molecule has 8 heteroatoms. The van der Waals surface area contributed by atoms with Gasteiger partial charge in [-0.2, -0.15) is 0 Å². The fourth-order valence-electron chi connectivity index (χ4n) is 3.87. The second kappa shape index (κ2) is 8.04. The lowest BCUT2D eigenvalue weighted by Crippen LogP contribution is -2.52. The Morgan fingerprint density at radius 1 is 1.19 bits per heavy atom. The van der Waals surface area contributed by atoms with Gasteiger partial charge in [0.2, 0.25) is 15.9 Å². The van der Waals surface area contributed by atoms with Gasteiger partial charge in [-0.25, -0.2) is 12.7 Å². The molecule has 0 radical (unpaired) electrons. The van der Waals surface area contributed by atoms with Crippen LogP contribution in [0.5, 0.6) is 0 Å². The molecule has 7 nitrogen and oxygen atoms in total. The highest BCUT2D eigenvalue weighted by Crippen LogP contribution is 2.25. The van der Waals surface area contributed by atoms with Crippen molar-refractivity contribution >= 4 is 15.9 Å². The third-order valence-corrected chi connectivity index (χ3v) is 7.85. The topological polar surface area (TPSA) is 90.5 Å². The Morgan fingerprint density at radius 3 is 2.50 bits per heavy atom. The maximum absolute atomic E-state index is 13.1. The van der Waals surface area contributed by atoms with E-state index in [-0.39, 0.29) is 30.5 Å². The molecule has 1 aromatic rings. The van der Waals surface area contributed by atoms with Gasteiger partial charge in [0.05, 0.1) is 5.92 Å². The first kappa shape index (κ1) is 19.3. The highest BCUT2D eigenvalue weighted by atomic mass is 32.2. The summed E-state index contributed by atoms with van der Waals surface area (Å²) in [5.74, 6) is -0.368. The SMILES string of the molecule is CC1NNC(C)C1S(=O)(=O)N1CCCC(C(=O)NCc2ccccc2)C1. The van der Waals surface area contributed by atoms with Crippen molar-refractivity contribution in [1.82, 2.24) is 20.5 Å². The Morgan fingerprint density at radius 2 is 1.85 bits per heavy atom. The average Bonchev–Trinajstić information content (AvgIpc) is 2.99. The zero-order valence-corrected chi connectivity index (χ0v) is 16.1. The maximum Gasteiger partial charge on any atom is 0.224 e. The van der Waals surface area contributed by atoms with E-state index in [0.717, 1.165) is 12.0 Å². The molecule has 2 aliphatic rings. The monoisotopic (exact) mass is 380 g/mol. The van der Waals surface area contributed by atoms with Gasteiger partial charge in [-0.3, -0.25) is 15.6 Å². The number of rotatable bonds is 5. The van der Waals surface area contributed by atoms with E-state index in [4.69, 9.17) is 0 Å². The zero-order chi connectivity index (χ0) is 18.7. The largest absolute Gasteiger partial charge is 0.352 e. The van der Waals surface area contributed by atoms with E-state index in [0.29, 0.717) is 19.5 Å². The number of sulfonamides is 1. The summed E-state index contributed by atoms with van der Waals surface area (Å²) in [6.07, 6.45) is 1.43. The van der Waals surface area contributed by atoms with Crippen molar-refractivity contribution in [3.8, 4) is 0 Å². The first-order chi connectivity index (χ1) is 12.4. The van der Waals surface area contributed by atoms with Crippen LogP contribution < -0.4 is 16.2 Å². The van der Waals surface area contributed by atoms with Crippen molar-refractivity contribution in [3.05, 3.63) is 35.9 Å². The van der Waals surface area contributed by atoms with Crippen molar-refractivity contribution in [1.29, 1.82) is 0 Å². The van der Waals surface area contributed by atoms with Crippen molar-refractivity contribution in [2.75, 3.05) is 13.1 Å². The number of carbonyl (C=O) groups excluding carboxylic acids is 1. The average molecular weight is 381 g/mol. The molecular weight excluding hydrogens is 352 g/mol. The maximum atomic E-state index is 13.1. The summed E-state index contributed by atoms with van der Waals surface area (Å²) in [7, 11) is -3.47. The second-order valence-electron chi connectivity index (χ2n) is 7.28. The van der Waals surface area contributed by atoms with Crippen LogP contribution in [-0.4, -0.2) is 49.1 Å². The van der Waals surface area contributed by atoms with Gasteiger partial charge in [0.1, 0.15) is 5.25 Å². The zero-order valence-electron chi connectivity index (χ0n) is 15.3. The minimum atomic E-state index is -3.47. The molecule has 2 heterocycles. The molecule has 26 heavy (non-hydrogen) atoms. The standard InChI is InChI=1S/C18H28N4O3S/c1-13-17(14(2)21-20-13)26(24,25)22-10-6-9-16(12-22)18(23)19-11-15-7-4-3-5-8-15/h3-5,7-8,13-14,16-17,20-21H,6,9-12H2,1-2H3,(H,19,23). The number of hydrazine groups is 1. The number of hydrogen-bond donors (Lipinski definition) is 3. The number of amides is 1. The molecule has 2 aliphatic heterocycles. The van der Waals surface area contributed by atoms with E-state index in [1.807, 2.05) is 44.2 Å². The van der Waals surface area contributed by atoms with Crippen LogP contribution in [0.25, 0.3) is 0 Å². The molecule has 0 aliphatic carbocycles. The minimum Gasteiger partial charge on any atom is -0.352 e. The first-order valence-corrected chi connectivity index (χ1v) is 10.7. The number of nitrogens with zero attached hydrogens (tertiary/aromatic N) is 1. The molecule has 3 unspecified atom stereocenters. The van der Waals surface area contributed by atoms with E-state index >= 15 is 0 Å². The number of carbonyl (C=O) groups is 1. The molecule has 1 amide bonds. The van der Waals surface area contributed by atoms with Gasteiger partial charge in [-0.05, 0) is 32.3 Å². The minimum absolute atomic E-state index is 0.0717. The normalized spacial score (nSPS) is 30.2. The van der Waals surface area contributed by atoms with Crippen molar-refractivity contribution in [3.63, 3.8) is 0 Å². The summed E-state index contributed by atoms with van der Waals surface area (Å²) in [6, 6.07) is 9.39. The van der Waals surface area contributed by atoms with E-state index in [1.54, 1.807) is 0 Å². The molecule has 0 bridgehead atoms. The Balaban J connectivity index is 1.62. The summed E-state index contributed by atoms with van der Waals surface area (Å²) in [4.78, 5) is 12.5. The number of benzene rings is 1. The highest BCUT2D eigenvalue weighted by molar-refractivity contribution is 7.89. The molecule has 2 saturated heterocycles. The molecule has 0 saturated carbocycles. The molecule has 3 atom stereocenters. The first-order valence-electron chi connectivity index (χ1n) is 9.21. The fraction of sp³-hybridized carbons (Fsp3) is 0.611. The van der Waals surface area contributed by atoms with Crippen LogP contribution in [0.15, 0.2) is 30.3 Å². The van der Waals surface area contributed by atoms with Crippen LogP contribution in [-0.2, 0) is 21.4 Å². The van der Waals surface area contributed by atoms with Gasteiger partial charge in [0.25, 0.3) is 0 Å². The summed E-state index contributed by atoms with van der Waals surface area (Å²) in [5, 5.41) is 2.42. The van der Waals surface area contributed by atoms with Crippen molar-refractivity contribution < 1.29 is 13.2 Å². The Hall–Kier alpha value is -1.48. The quantitative estimate of drug-likeness (QED) is 0.696. The van der Waals surface area contributed by atoms with Gasteiger partial charge < -0.3 is 5.32 Å². The Kier molecular flexibility index (Phi) is 5.96. The van der Waals surface area contributed by atoms with Gasteiger partial charge >= 0.3 is 0 Å². The smallest absolute Gasteiger partial charge is 0.224 e. The van der Waals surface area contributed by atoms with Gasteiger partial charge in [0, 0.05) is 31.7 Å². The molecule has 2 fully saturated rings. The number of nitrogens with one attached hydrogen (secondary N) is 3. The van der Waals surface area contributed by atoms with Crippen LogP contribution >= 0.6 is 0 Å². The van der Waals surface area contributed by atoms with Gasteiger partial charge in [0.15, 0.2) is 0 Å². The van der Waals surface area contributed by atoms with E-state index in [2.05, 4.69) is 16.2 Å². The van der Waals surface area contributed by atoms with Crippen LogP contribution in [0, 0.1) is 5.92 Å². The summed E-state index contributed by atoms with van der Waals surface area (Å²) < 4.78 is 27.7. The molecule has 3 N–H and O–H groups in total. The molecule has 144 valence electrons. The Labute approximate surface area is 155 Å². The van der Waals surface area contributed by atoms with E-state index in [9.17, 15) is 13.2 Å². The van der Waals surface area contributed by atoms with Crippen LogP contribution in [0.3, 0.4) is 0 Å². The third kappa shape index (κ3) is 4.09. The predicted octanol–water partition coefficient (Wildman–Crippen LogP) is 0.598. The van der Waals surface area contributed by atoms with Crippen LogP contribution in [0.1, 0.15) is 32.3 Å². The molecule has 0 aromatic heterocycles. The van der Waals surface area contributed by atoms with E-state index < -0.39 is 15.3 Å². The van der Waals surface area contributed by atoms with E-state index in [1.165, 1.54) is 4.31 Å². The predicted molar refractivity (Wildman–Crippen MR) is 100 cm³/mol. The Bertz CT molecular complexity index is 715. The van der Waals surface area contributed by atoms with Gasteiger partial charge in [-0.15, -0.1) is 0 Å². The summed E-state index contributed by atoms with van der Waals surface area (Å²) >= 11 is 0. The molecule has 0 spiro atoms. The molecule has 3 rings (SSSR count).